The van der Waals surface area contributed by atoms with E-state index in [4.69, 9.17) is 4.74 Å². The summed E-state index contributed by atoms with van der Waals surface area (Å²) in [5.74, 6) is -2.22. The van der Waals surface area contributed by atoms with Crippen LogP contribution in [-0.2, 0) is 31.0 Å². The van der Waals surface area contributed by atoms with Crippen molar-refractivity contribution in [2.24, 2.45) is 0 Å². The Morgan fingerprint density at radius 3 is 2.59 bits per heavy atom. The second kappa shape index (κ2) is 8.49. The van der Waals surface area contributed by atoms with E-state index in [1.54, 1.807) is 4.72 Å². The van der Waals surface area contributed by atoms with Crippen molar-refractivity contribution in [3.8, 4) is 0 Å². The lowest BCUT2D eigenvalue weighted by molar-refractivity contribution is -0.142. The van der Waals surface area contributed by atoms with Crippen LogP contribution in [0.4, 0.5) is 4.39 Å². The van der Waals surface area contributed by atoms with Gasteiger partial charge in [0.05, 0.1) is 11.3 Å². The van der Waals surface area contributed by atoms with Gasteiger partial charge in [-0.3, -0.25) is 14.6 Å². The second-order valence-electron chi connectivity index (χ2n) is 5.41. The maximum absolute atomic E-state index is 13.3. The first-order valence-electron chi connectivity index (χ1n) is 7.58. The first kappa shape index (κ1) is 20.2. The fourth-order valence-corrected chi connectivity index (χ4v) is 3.24. The zero-order valence-corrected chi connectivity index (χ0v) is 14.9. The third-order valence-electron chi connectivity index (χ3n) is 3.38. The Hall–Kier alpha value is -3.14. The monoisotopic (exact) mass is 394 g/mol. The molecule has 1 aromatic carbocycles. The molecule has 0 aliphatic carbocycles. The molecule has 1 aromatic heterocycles. The molecule has 0 spiro atoms. The van der Waals surface area contributed by atoms with Gasteiger partial charge >= 0.3 is 5.97 Å². The van der Waals surface area contributed by atoms with Gasteiger partial charge in [0.15, 0.2) is 5.25 Å². The number of ether oxygens (including phenoxy) is 1. The molecular weight excluding hydrogens is 379 g/mol. The summed E-state index contributed by atoms with van der Waals surface area (Å²) in [5, 5.41) is -1.76. The molecule has 0 aliphatic rings. The van der Waals surface area contributed by atoms with Crippen molar-refractivity contribution >= 4 is 28.2 Å². The van der Waals surface area contributed by atoms with Crippen molar-refractivity contribution < 1.29 is 31.9 Å². The number of carbonyl (C=O) groups is 3. The molecule has 2 aromatic rings. The molecule has 142 valence electrons. The maximum Gasteiger partial charge on any atom is 0.303 e. The Morgan fingerprint density at radius 1 is 1.30 bits per heavy atom. The molecule has 0 saturated heterocycles. The summed E-state index contributed by atoms with van der Waals surface area (Å²) in [5.41, 5.74) is 0.157. The number of carbonyl (C=O) groups excluding carboxylic acids is 3. The van der Waals surface area contributed by atoms with E-state index >= 15 is 0 Å². The predicted molar refractivity (Wildman–Crippen MR) is 91.3 cm³/mol. The molecule has 1 amide bonds. The molecule has 2 rings (SSSR count). The molecule has 0 aliphatic heterocycles. The summed E-state index contributed by atoms with van der Waals surface area (Å²) >= 11 is 0. The molecular formula is C17H15FN2O6S. The van der Waals surface area contributed by atoms with Gasteiger partial charge in [0, 0.05) is 13.1 Å². The van der Waals surface area contributed by atoms with Crippen molar-refractivity contribution in [1.82, 2.24) is 9.71 Å². The number of sulfonamides is 1. The van der Waals surface area contributed by atoms with Crippen molar-refractivity contribution in [1.29, 1.82) is 0 Å². The number of rotatable bonds is 7. The molecule has 0 fully saturated rings. The maximum atomic E-state index is 13.3. The molecule has 0 bridgehead atoms. The van der Waals surface area contributed by atoms with E-state index < -0.39 is 33.0 Å². The molecule has 1 unspecified atom stereocenters. The van der Waals surface area contributed by atoms with Crippen molar-refractivity contribution in [3.05, 3.63) is 65.2 Å². The lowest BCUT2D eigenvalue weighted by atomic mass is 10.1. The fraction of sp³-hybridized carbons (Fsp3) is 0.176. The van der Waals surface area contributed by atoms with Crippen LogP contribution in [0.5, 0.6) is 0 Å². The quantitative estimate of drug-likeness (QED) is 0.555. The van der Waals surface area contributed by atoms with E-state index in [1.165, 1.54) is 31.2 Å². The minimum atomic E-state index is -4.45. The fourth-order valence-electron chi connectivity index (χ4n) is 2.09. The Labute approximate surface area is 154 Å². The van der Waals surface area contributed by atoms with Crippen LogP contribution in [0.2, 0.25) is 0 Å². The van der Waals surface area contributed by atoms with Gasteiger partial charge in [-0.05, 0) is 29.8 Å². The summed E-state index contributed by atoms with van der Waals surface area (Å²) in [4.78, 5) is 38.0. The van der Waals surface area contributed by atoms with Crippen molar-refractivity contribution in [3.63, 3.8) is 0 Å². The Bertz CT molecular complexity index is 960. The average Bonchev–Trinajstić information content (AvgIpc) is 2.60. The van der Waals surface area contributed by atoms with E-state index in [0.717, 1.165) is 18.3 Å². The molecule has 1 N–H and O–H groups in total. The van der Waals surface area contributed by atoms with Gasteiger partial charge in [-0.1, -0.05) is 12.1 Å². The summed E-state index contributed by atoms with van der Waals surface area (Å²) in [6.45, 7) is 1.14. The highest BCUT2D eigenvalue weighted by molar-refractivity contribution is 7.91. The number of nitrogens with zero attached hydrogens (tertiary/aromatic N) is 1. The number of amides is 1. The summed E-state index contributed by atoms with van der Waals surface area (Å²) in [6.07, 6.45) is 1.20. The van der Waals surface area contributed by atoms with E-state index in [1.807, 2.05) is 0 Å². The van der Waals surface area contributed by atoms with Crippen molar-refractivity contribution in [2.45, 2.75) is 18.8 Å². The SMILES string of the molecule is CC(=O)OCc1ccc(C(=O)NS(=O)(=O)C(C=O)c2cccc(F)c2)cn1. The highest BCUT2D eigenvalue weighted by atomic mass is 32.2. The molecule has 27 heavy (non-hydrogen) atoms. The summed E-state index contributed by atoms with van der Waals surface area (Å²) < 4.78 is 44.5. The van der Waals surface area contributed by atoms with Gasteiger partial charge in [-0.25, -0.2) is 17.5 Å². The van der Waals surface area contributed by atoms with E-state index in [-0.39, 0.29) is 24.0 Å². The number of esters is 1. The predicted octanol–water partition coefficient (Wildman–Crippen LogP) is 1.28. The lowest BCUT2D eigenvalue weighted by Gasteiger charge is -2.13. The lowest BCUT2D eigenvalue weighted by Crippen LogP contribution is -2.35. The minimum Gasteiger partial charge on any atom is -0.459 e. The van der Waals surface area contributed by atoms with Gasteiger partial charge in [0.2, 0.25) is 10.0 Å². The molecule has 0 saturated carbocycles. The van der Waals surface area contributed by atoms with Crippen LogP contribution < -0.4 is 4.72 Å². The summed E-state index contributed by atoms with van der Waals surface area (Å²) in [7, 11) is -4.45. The van der Waals surface area contributed by atoms with E-state index in [9.17, 15) is 27.2 Å². The average molecular weight is 394 g/mol. The molecule has 10 heteroatoms. The van der Waals surface area contributed by atoms with Gasteiger partial charge in [0.1, 0.15) is 18.7 Å². The molecule has 0 radical (unpaired) electrons. The largest absolute Gasteiger partial charge is 0.459 e. The zero-order chi connectivity index (χ0) is 20.0. The highest BCUT2D eigenvalue weighted by Crippen LogP contribution is 2.20. The molecule has 1 heterocycles. The van der Waals surface area contributed by atoms with Crippen LogP contribution in [0.1, 0.15) is 33.8 Å². The first-order chi connectivity index (χ1) is 12.7. The number of pyridine rings is 1. The number of nitrogens with one attached hydrogen (secondary N) is 1. The first-order valence-corrected chi connectivity index (χ1v) is 9.12. The topological polar surface area (TPSA) is 119 Å². The standard InChI is InChI=1S/C17H15FN2O6S/c1-11(22)26-10-15-6-5-13(8-19-15)17(23)20-27(24,25)16(9-21)12-3-2-4-14(18)7-12/h2-9,16H,10H2,1H3,(H,20,23). The normalized spacial score (nSPS) is 12.1. The Balaban J connectivity index is 2.15. The smallest absolute Gasteiger partial charge is 0.303 e. The van der Waals surface area contributed by atoms with Crippen LogP contribution >= 0.6 is 0 Å². The third-order valence-corrected chi connectivity index (χ3v) is 4.90. The van der Waals surface area contributed by atoms with E-state index in [2.05, 4.69) is 4.98 Å². The second-order valence-corrected chi connectivity index (χ2v) is 7.21. The number of aldehydes is 1. The minimum absolute atomic E-state index is 0.0889. The van der Waals surface area contributed by atoms with Crippen LogP contribution in [0.15, 0.2) is 42.6 Å². The number of benzene rings is 1. The van der Waals surface area contributed by atoms with E-state index in [0.29, 0.717) is 5.69 Å². The third kappa shape index (κ3) is 5.42. The Kier molecular flexibility index (Phi) is 6.35. The number of hydrogen-bond acceptors (Lipinski definition) is 7. The van der Waals surface area contributed by atoms with Gasteiger partial charge < -0.3 is 9.53 Å². The summed E-state index contributed by atoms with van der Waals surface area (Å²) in [6, 6.07) is 7.18. The van der Waals surface area contributed by atoms with Gasteiger partial charge in [-0.15, -0.1) is 0 Å². The zero-order valence-electron chi connectivity index (χ0n) is 14.1. The molecule has 1 atom stereocenters. The van der Waals surface area contributed by atoms with Crippen LogP contribution in [-0.4, -0.2) is 31.6 Å². The number of aromatic nitrogens is 1. The van der Waals surface area contributed by atoms with Crippen LogP contribution in [0.25, 0.3) is 0 Å². The molecule has 8 nitrogen and oxygen atoms in total. The highest BCUT2D eigenvalue weighted by Gasteiger charge is 2.29. The van der Waals surface area contributed by atoms with Gasteiger partial charge in [0.25, 0.3) is 5.91 Å². The number of halogens is 1. The van der Waals surface area contributed by atoms with Crippen LogP contribution in [0.3, 0.4) is 0 Å². The number of hydrogen-bond donors (Lipinski definition) is 1. The Morgan fingerprint density at radius 2 is 2.04 bits per heavy atom. The van der Waals surface area contributed by atoms with Crippen molar-refractivity contribution in [2.75, 3.05) is 0 Å². The van der Waals surface area contributed by atoms with Gasteiger partial charge in [-0.2, -0.15) is 0 Å². The van der Waals surface area contributed by atoms with Crippen LogP contribution in [0, 0.1) is 5.82 Å².